The van der Waals surface area contributed by atoms with E-state index in [-0.39, 0.29) is 17.8 Å². The molecule has 1 aromatic heterocycles. The molecule has 0 atom stereocenters. The largest absolute Gasteiger partial charge is 0.486 e. The van der Waals surface area contributed by atoms with Crippen LogP contribution in [0.4, 0.5) is 4.39 Å². The minimum absolute atomic E-state index is 0.141. The molecule has 0 aliphatic heterocycles. The van der Waals surface area contributed by atoms with Gasteiger partial charge in [0.2, 0.25) is 5.16 Å². The predicted molar refractivity (Wildman–Crippen MR) is 106 cm³/mol. The van der Waals surface area contributed by atoms with Gasteiger partial charge >= 0.3 is 0 Å². The summed E-state index contributed by atoms with van der Waals surface area (Å²) < 4.78 is 19.9. The molecule has 0 aliphatic carbocycles. The number of aromatic nitrogens is 3. The highest BCUT2D eigenvalue weighted by Crippen LogP contribution is 2.25. The third-order valence-corrected chi connectivity index (χ3v) is 5.12. The summed E-state index contributed by atoms with van der Waals surface area (Å²) in [7, 11) is 0. The van der Waals surface area contributed by atoms with E-state index in [0.29, 0.717) is 16.7 Å². The Hall–Kier alpha value is -2.54. The molecule has 0 unspecified atom stereocenters. The molecule has 0 spiro atoms. The molecule has 0 radical (unpaired) electrons. The van der Waals surface area contributed by atoms with Crippen molar-refractivity contribution in [2.24, 2.45) is 0 Å². The van der Waals surface area contributed by atoms with Crippen LogP contribution in [0.15, 0.2) is 53.7 Å². The Morgan fingerprint density at radius 1 is 1.04 bits per heavy atom. The molecular formula is C20H23FN4OS. The second-order valence-electron chi connectivity index (χ2n) is 7.25. The van der Waals surface area contributed by atoms with Crippen LogP contribution in [0, 0.1) is 5.82 Å². The van der Waals surface area contributed by atoms with Crippen LogP contribution in [0.25, 0.3) is 0 Å². The number of hydrogen-bond donors (Lipinski definition) is 1. The van der Waals surface area contributed by atoms with E-state index in [1.165, 1.54) is 39.7 Å². The average Bonchev–Trinajstić information content (AvgIpc) is 2.99. The number of ether oxygens (including phenoxy) is 1. The van der Waals surface area contributed by atoms with Gasteiger partial charge in [0.05, 0.1) is 0 Å². The number of benzene rings is 2. The second-order valence-corrected chi connectivity index (χ2v) is 8.19. The number of halogens is 1. The number of nitrogen functional groups attached to an aromatic ring is 1. The molecule has 3 aromatic rings. The molecule has 0 fully saturated rings. The molecule has 142 valence electrons. The summed E-state index contributed by atoms with van der Waals surface area (Å²) in [5, 5.41) is 8.82. The van der Waals surface area contributed by atoms with Crippen LogP contribution in [0.1, 0.15) is 37.7 Å². The third-order valence-electron chi connectivity index (χ3n) is 4.10. The van der Waals surface area contributed by atoms with Gasteiger partial charge in [-0.1, -0.05) is 56.8 Å². The van der Waals surface area contributed by atoms with Crippen molar-refractivity contribution in [2.75, 3.05) is 5.84 Å². The van der Waals surface area contributed by atoms with Gasteiger partial charge in [-0.15, -0.1) is 10.2 Å². The van der Waals surface area contributed by atoms with E-state index >= 15 is 0 Å². The standard InChI is InChI=1S/C20H23FN4OS/c1-20(2,3)15-6-4-14(5-7-15)13-27-19-24-23-18(25(19)22)12-26-17-10-8-16(21)9-11-17/h4-11H,12-13,22H2,1-3H3. The van der Waals surface area contributed by atoms with E-state index in [9.17, 15) is 4.39 Å². The molecule has 3 rings (SSSR count). The minimum Gasteiger partial charge on any atom is -0.486 e. The van der Waals surface area contributed by atoms with Gasteiger partial charge in [0, 0.05) is 5.75 Å². The summed E-state index contributed by atoms with van der Waals surface area (Å²) >= 11 is 1.52. The van der Waals surface area contributed by atoms with Gasteiger partial charge in [-0.3, -0.25) is 0 Å². The SMILES string of the molecule is CC(C)(C)c1ccc(CSc2nnc(COc3ccc(F)cc3)n2N)cc1. The Balaban J connectivity index is 1.57. The van der Waals surface area contributed by atoms with Crippen molar-refractivity contribution >= 4 is 11.8 Å². The zero-order valence-electron chi connectivity index (χ0n) is 15.6. The molecule has 7 heteroatoms. The topological polar surface area (TPSA) is 66.0 Å². The third kappa shape index (κ3) is 5.01. The Morgan fingerprint density at radius 2 is 1.70 bits per heavy atom. The monoisotopic (exact) mass is 386 g/mol. The number of hydrogen-bond acceptors (Lipinski definition) is 5. The molecule has 2 aromatic carbocycles. The molecule has 5 nitrogen and oxygen atoms in total. The van der Waals surface area contributed by atoms with Crippen molar-refractivity contribution in [1.29, 1.82) is 0 Å². The van der Waals surface area contributed by atoms with Crippen LogP contribution in [0.2, 0.25) is 0 Å². The smallest absolute Gasteiger partial charge is 0.210 e. The molecule has 0 bridgehead atoms. The number of thioether (sulfide) groups is 1. The van der Waals surface area contributed by atoms with Gasteiger partial charge < -0.3 is 10.6 Å². The van der Waals surface area contributed by atoms with Gasteiger partial charge in [-0.2, -0.15) is 0 Å². The number of nitrogens with zero attached hydrogens (tertiary/aromatic N) is 3. The van der Waals surface area contributed by atoms with Crippen molar-refractivity contribution in [1.82, 2.24) is 14.9 Å². The first-order chi connectivity index (χ1) is 12.8. The fourth-order valence-electron chi connectivity index (χ4n) is 2.43. The number of rotatable bonds is 6. The lowest BCUT2D eigenvalue weighted by Crippen LogP contribution is -2.15. The first-order valence-corrected chi connectivity index (χ1v) is 9.61. The van der Waals surface area contributed by atoms with Gasteiger partial charge in [0.25, 0.3) is 0 Å². The van der Waals surface area contributed by atoms with Crippen LogP contribution in [-0.4, -0.2) is 14.9 Å². The van der Waals surface area contributed by atoms with Crippen LogP contribution in [0.3, 0.4) is 0 Å². The van der Waals surface area contributed by atoms with Gasteiger partial charge in [-0.25, -0.2) is 9.07 Å². The average molecular weight is 386 g/mol. The summed E-state index contributed by atoms with van der Waals surface area (Å²) in [4.78, 5) is 0. The summed E-state index contributed by atoms with van der Waals surface area (Å²) in [5.74, 6) is 7.56. The summed E-state index contributed by atoms with van der Waals surface area (Å²) in [6.45, 7) is 6.76. The second kappa shape index (κ2) is 8.00. The summed E-state index contributed by atoms with van der Waals surface area (Å²) in [6.07, 6.45) is 0. The Bertz CT molecular complexity index is 886. The van der Waals surface area contributed by atoms with Crippen LogP contribution in [0.5, 0.6) is 5.75 Å². The molecule has 2 N–H and O–H groups in total. The van der Waals surface area contributed by atoms with E-state index in [0.717, 1.165) is 5.75 Å². The van der Waals surface area contributed by atoms with Crippen molar-refractivity contribution in [2.45, 2.75) is 43.7 Å². The zero-order valence-corrected chi connectivity index (χ0v) is 16.5. The van der Waals surface area contributed by atoms with E-state index in [1.54, 1.807) is 12.1 Å². The highest BCUT2D eigenvalue weighted by molar-refractivity contribution is 7.98. The van der Waals surface area contributed by atoms with Crippen LogP contribution in [-0.2, 0) is 17.8 Å². The van der Waals surface area contributed by atoms with E-state index in [2.05, 4.69) is 55.2 Å². The van der Waals surface area contributed by atoms with Crippen molar-refractivity contribution in [3.05, 3.63) is 71.3 Å². The summed E-state index contributed by atoms with van der Waals surface area (Å²) in [5.41, 5.74) is 2.64. The Labute approximate surface area is 162 Å². The normalized spacial score (nSPS) is 11.6. The lowest BCUT2D eigenvalue weighted by molar-refractivity contribution is 0.291. The fourth-order valence-corrected chi connectivity index (χ4v) is 3.26. The van der Waals surface area contributed by atoms with Gasteiger partial charge in [-0.05, 0) is 40.8 Å². The van der Waals surface area contributed by atoms with Crippen LogP contribution >= 0.6 is 11.8 Å². The fraction of sp³-hybridized carbons (Fsp3) is 0.300. The van der Waals surface area contributed by atoms with Crippen LogP contribution < -0.4 is 10.6 Å². The van der Waals surface area contributed by atoms with E-state index in [1.807, 2.05) is 0 Å². The lowest BCUT2D eigenvalue weighted by Gasteiger charge is -2.19. The first kappa shape index (κ1) is 19.2. The maximum absolute atomic E-state index is 12.9. The summed E-state index contributed by atoms with van der Waals surface area (Å²) in [6, 6.07) is 14.4. The molecule has 27 heavy (non-hydrogen) atoms. The van der Waals surface area contributed by atoms with Crippen molar-refractivity contribution in [3.8, 4) is 5.75 Å². The molecule has 0 saturated heterocycles. The highest BCUT2D eigenvalue weighted by Gasteiger charge is 2.14. The maximum atomic E-state index is 12.9. The number of nitrogens with two attached hydrogens (primary N) is 1. The molecule has 0 amide bonds. The maximum Gasteiger partial charge on any atom is 0.210 e. The Morgan fingerprint density at radius 3 is 2.33 bits per heavy atom. The predicted octanol–water partition coefficient (Wildman–Crippen LogP) is 4.30. The highest BCUT2D eigenvalue weighted by atomic mass is 32.2. The molecule has 1 heterocycles. The van der Waals surface area contributed by atoms with E-state index < -0.39 is 0 Å². The Kier molecular flexibility index (Phi) is 5.70. The first-order valence-electron chi connectivity index (χ1n) is 8.63. The minimum atomic E-state index is -0.307. The zero-order chi connectivity index (χ0) is 19.4. The van der Waals surface area contributed by atoms with Crippen molar-refractivity contribution < 1.29 is 9.13 Å². The van der Waals surface area contributed by atoms with Gasteiger partial charge in [0.15, 0.2) is 5.82 Å². The van der Waals surface area contributed by atoms with Crippen molar-refractivity contribution in [3.63, 3.8) is 0 Å². The molecular weight excluding hydrogens is 363 g/mol. The molecule has 0 aliphatic rings. The van der Waals surface area contributed by atoms with E-state index in [4.69, 9.17) is 10.6 Å². The molecule has 0 saturated carbocycles. The quantitative estimate of drug-likeness (QED) is 0.505. The lowest BCUT2D eigenvalue weighted by atomic mass is 9.87. The van der Waals surface area contributed by atoms with Gasteiger partial charge in [0.1, 0.15) is 18.2 Å².